The number of nitrogens with zero attached hydrogens (tertiary/aromatic N) is 3. The molecule has 0 bridgehead atoms. The summed E-state index contributed by atoms with van der Waals surface area (Å²) < 4.78 is 19.4. The van der Waals surface area contributed by atoms with Crippen molar-refractivity contribution in [2.75, 3.05) is 6.54 Å². The molecule has 0 unspecified atom stereocenters. The summed E-state index contributed by atoms with van der Waals surface area (Å²) in [5, 5.41) is 13.5. The summed E-state index contributed by atoms with van der Waals surface area (Å²) in [5.74, 6) is 0.355. The van der Waals surface area contributed by atoms with Crippen LogP contribution in [0.4, 0.5) is 4.39 Å². The Morgan fingerprint density at radius 1 is 1.32 bits per heavy atom. The van der Waals surface area contributed by atoms with Crippen molar-refractivity contribution in [3.05, 3.63) is 46.4 Å². The molecule has 1 saturated carbocycles. The molecule has 1 aromatic carbocycles. The molecule has 6 nitrogen and oxygen atoms in total. The Bertz CT molecular complexity index is 799. The number of rotatable bonds is 4. The van der Waals surface area contributed by atoms with Crippen molar-refractivity contribution in [2.24, 2.45) is 0 Å². The van der Waals surface area contributed by atoms with Gasteiger partial charge in [-0.3, -0.25) is 4.90 Å². The normalized spacial score (nSPS) is 18.4. The molecule has 0 radical (unpaired) electrons. The zero-order valence-corrected chi connectivity index (χ0v) is 13.9. The van der Waals surface area contributed by atoms with Crippen LogP contribution in [-0.4, -0.2) is 32.7 Å². The van der Waals surface area contributed by atoms with Crippen LogP contribution in [0.15, 0.2) is 16.7 Å². The number of fused-ring (bicyclic) bond motifs is 1. The van der Waals surface area contributed by atoms with Crippen LogP contribution in [0.2, 0.25) is 0 Å². The lowest BCUT2D eigenvalue weighted by atomic mass is 9.94. The molecule has 4 rings (SSSR count). The molecular formula is C18H20FN3O3. The number of hydrogen-bond acceptors (Lipinski definition) is 5. The number of carboxylic acid groups (broad SMARTS) is 1. The molecule has 2 heterocycles. The quantitative estimate of drug-likeness (QED) is 0.917. The van der Waals surface area contributed by atoms with Crippen molar-refractivity contribution in [2.45, 2.75) is 51.1 Å². The van der Waals surface area contributed by atoms with Gasteiger partial charge in [0.05, 0.1) is 12.1 Å². The molecule has 1 N–H and O–H groups in total. The van der Waals surface area contributed by atoms with Crippen LogP contribution >= 0.6 is 0 Å². The Morgan fingerprint density at radius 2 is 2.12 bits per heavy atom. The molecule has 1 aliphatic carbocycles. The van der Waals surface area contributed by atoms with Crippen molar-refractivity contribution >= 4 is 5.97 Å². The van der Waals surface area contributed by atoms with E-state index < -0.39 is 5.97 Å². The third-order valence-electron chi connectivity index (χ3n) is 5.23. The third-order valence-corrected chi connectivity index (χ3v) is 5.23. The van der Waals surface area contributed by atoms with Crippen molar-refractivity contribution < 1.29 is 18.8 Å². The van der Waals surface area contributed by atoms with E-state index in [4.69, 9.17) is 4.52 Å². The lowest BCUT2D eigenvalue weighted by Crippen LogP contribution is -2.32. The largest absolute Gasteiger partial charge is 0.478 e. The molecule has 2 aliphatic rings. The van der Waals surface area contributed by atoms with Crippen LogP contribution in [0.25, 0.3) is 0 Å². The van der Waals surface area contributed by atoms with E-state index in [9.17, 15) is 14.3 Å². The number of carbonyl (C=O) groups is 1. The maximum Gasteiger partial charge on any atom is 0.336 e. The van der Waals surface area contributed by atoms with Gasteiger partial charge in [0.1, 0.15) is 5.82 Å². The highest BCUT2D eigenvalue weighted by Gasteiger charge is 2.27. The van der Waals surface area contributed by atoms with Gasteiger partial charge in [-0.25, -0.2) is 9.18 Å². The number of aromatic nitrogens is 2. The van der Waals surface area contributed by atoms with Crippen LogP contribution in [0.3, 0.4) is 0 Å². The predicted molar refractivity (Wildman–Crippen MR) is 86.7 cm³/mol. The van der Waals surface area contributed by atoms with Gasteiger partial charge >= 0.3 is 5.97 Å². The van der Waals surface area contributed by atoms with E-state index in [1.807, 2.05) is 4.90 Å². The van der Waals surface area contributed by atoms with Gasteiger partial charge in [0.15, 0.2) is 5.82 Å². The van der Waals surface area contributed by atoms with Gasteiger partial charge in [0.25, 0.3) is 0 Å². The van der Waals surface area contributed by atoms with Crippen molar-refractivity contribution in [1.82, 2.24) is 15.0 Å². The fourth-order valence-electron chi connectivity index (χ4n) is 3.90. The Morgan fingerprint density at radius 3 is 2.88 bits per heavy atom. The van der Waals surface area contributed by atoms with Crippen LogP contribution in [0, 0.1) is 5.82 Å². The number of hydrogen-bond donors (Lipinski definition) is 1. The molecule has 7 heteroatoms. The lowest BCUT2D eigenvalue weighted by Gasteiger charge is -2.28. The predicted octanol–water partition coefficient (Wildman–Crippen LogP) is 3.12. The molecule has 1 fully saturated rings. The first kappa shape index (κ1) is 16.2. The first-order valence-corrected chi connectivity index (χ1v) is 8.70. The molecule has 2 aromatic rings. The van der Waals surface area contributed by atoms with Gasteiger partial charge in [0.2, 0.25) is 5.89 Å². The SMILES string of the molecule is O=C(O)c1ccc(F)c2c1CN(Cc1nc(C3CCCC3)no1)CC2. The standard InChI is InChI=1S/C18H20FN3O3/c19-15-6-5-13(18(23)24)14-9-22(8-7-12(14)15)10-16-20-17(21-25-16)11-3-1-2-4-11/h5-6,11H,1-4,7-10H2,(H,23,24). The topological polar surface area (TPSA) is 79.5 Å². The van der Waals surface area contributed by atoms with E-state index in [0.717, 1.165) is 18.7 Å². The van der Waals surface area contributed by atoms with Crippen molar-refractivity contribution in [1.29, 1.82) is 0 Å². The summed E-state index contributed by atoms with van der Waals surface area (Å²) in [7, 11) is 0. The Balaban J connectivity index is 1.51. The monoisotopic (exact) mass is 345 g/mol. The molecule has 132 valence electrons. The fraction of sp³-hybridized carbons (Fsp3) is 0.500. The van der Waals surface area contributed by atoms with Crippen LogP contribution in [0.1, 0.15) is 64.8 Å². The highest BCUT2D eigenvalue weighted by molar-refractivity contribution is 5.89. The molecule has 0 amide bonds. The summed E-state index contributed by atoms with van der Waals surface area (Å²) in [6, 6.07) is 2.58. The minimum absolute atomic E-state index is 0.165. The van der Waals surface area contributed by atoms with E-state index in [2.05, 4.69) is 10.1 Å². The fourth-order valence-corrected chi connectivity index (χ4v) is 3.90. The van der Waals surface area contributed by atoms with E-state index in [1.165, 1.54) is 25.0 Å². The molecular weight excluding hydrogens is 325 g/mol. The first-order chi connectivity index (χ1) is 12.1. The van der Waals surface area contributed by atoms with Gasteiger partial charge < -0.3 is 9.63 Å². The Labute approximate surface area is 144 Å². The average Bonchev–Trinajstić information content (AvgIpc) is 3.26. The third kappa shape index (κ3) is 3.16. The second-order valence-corrected chi connectivity index (χ2v) is 6.85. The summed E-state index contributed by atoms with van der Waals surface area (Å²) >= 11 is 0. The Kier molecular flexibility index (Phi) is 4.25. The molecule has 1 aromatic heterocycles. The smallest absolute Gasteiger partial charge is 0.336 e. The highest BCUT2D eigenvalue weighted by atomic mass is 19.1. The zero-order chi connectivity index (χ0) is 17.4. The number of carboxylic acids is 1. The first-order valence-electron chi connectivity index (χ1n) is 8.70. The summed E-state index contributed by atoms with van der Waals surface area (Å²) in [4.78, 5) is 18.0. The minimum Gasteiger partial charge on any atom is -0.478 e. The maximum absolute atomic E-state index is 14.0. The number of halogens is 1. The summed E-state index contributed by atoms with van der Waals surface area (Å²) in [6.45, 7) is 1.46. The second-order valence-electron chi connectivity index (χ2n) is 6.85. The maximum atomic E-state index is 14.0. The molecule has 0 spiro atoms. The molecule has 25 heavy (non-hydrogen) atoms. The summed E-state index contributed by atoms with van der Waals surface area (Å²) in [6.07, 6.45) is 5.11. The van der Waals surface area contributed by atoms with Crippen molar-refractivity contribution in [3.8, 4) is 0 Å². The van der Waals surface area contributed by atoms with Gasteiger partial charge in [-0.1, -0.05) is 18.0 Å². The summed E-state index contributed by atoms with van der Waals surface area (Å²) in [5.41, 5.74) is 1.22. The second kappa shape index (κ2) is 6.55. The Hall–Kier alpha value is -2.28. The van der Waals surface area contributed by atoms with Gasteiger partial charge in [0, 0.05) is 19.0 Å². The number of benzene rings is 1. The van der Waals surface area contributed by atoms with Crippen LogP contribution in [0.5, 0.6) is 0 Å². The minimum atomic E-state index is -1.03. The van der Waals surface area contributed by atoms with Gasteiger partial charge in [-0.2, -0.15) is 4.98 Å². The van der Waals surface area contributed by atoms with Crippen LogP contribution in [-0.2, 0) is 19.5 Å². The number of aromatic carboxylic acids is 1. The highest BCUT2D eigenvalue weighted by Crippen LogP contribution is 2.32. The van der Waals surface area contributed by atoms with E-state index in [1.54, 1.807) is 0 Å². The molecule has 1 aliphatic heterocycles. The van der Waals surface area contributed by atoms with Crippen LogP contribution < -0.4 is 0 Å². The zero-order valence-electron chi connectivity index (χ0n) is 13.9. The molecule has 0 atom stereocenters. The van der Waals surface area contributed by atoms with E-state index in [-0.39, 0.29) is 11.4 Å². The lowest BCUT2D eigenvalue weighted by molar-refractivity contribution is 0.0693. The average molecular weight is 345 g/mol. The van der Waals surface area contributed by atoms with Gasteiger partial charge in [-0.05, 0) is 42.5 Å². The van der Waals surface area contributed by atoms with E-state index >= 15 is 0 Å². The van der Waals surface area contributed by atoms with E-state index in [0.29, 0.717) is 49.0 Å². The van der Waals surface area contributed by atoms with Crippen molar-refractivity contribution in [3.63, 3.8) is 0 Å². The van der Waals surface area contributed by atoms with Gasteiger partial charge in [-0.15, -0.1) is 0 Å². The molecule has 0 saturated heterocycles.